The maximum atomic E-state index is 11.1. The first-order chi connectivity index (χ1) is 12.9. The van der Waals surface area contributed by atoms with E-state index in [1.54, 1.807) is 0 Å². The largest absolute Gasteiger partial charge is 0.492 e. The fourth-order valence-electron chi connectivity index (χ4n) is 8.94. The van der Waals surface area contributed by atoms with Gasteiger partial charge < -0.3 is 9.84 Å². The first-order valence-corrected chi connectivity index (χ1v) is 12.0. The molecule has 152 valence electrons. The highest BCUT2D eigenvalue weighted by molar-refractivity contribution is 5.09. The molecule has 0 saturated heterocycles. The van der Waals surface area contributed by atoms with E-state index in [2.05, 4.69) is 27.4 Å². The van der Waals surface area contributed by atoms with Crippen LogP contribution >= 0.6 is 0 Å². The first kappa shape index (κ1) is 18.5. The van der Waals surface area contributed by atoms with Gasteiger partial charge in [-0.05, 0) is 105 Å². The van der Waals surface area contributed by atoms with E-state index in [4.69, 9.17) is 4.74 Å². The number of hydrogen-bond acceptors (Lipinski definition) is 2. The average Bonchev–Trinajstić information content (AvgIpc) is 3.41. The molecule has 5 saturated carbocycles. The Morgan fingerprint density at radius 1 is 1.15 bits per heavy atom. The zero-order valence-electron chi connectivity index (χ0n) is 17.7. The molecule has 0 amide bonds. The van der Waals surface area contributed by atoms with Crippen LogP contribution in [0.2, 0.25) is 0 Å². The SMILES string of the molecule is C=C(CC(O)C1CC2CC1C1CC(C)C(C)C21)OC1(CC)CC2CCC1C2. The van der Waals surface area contributed by atoms with Gasteiger partial charge in [-0.25, -0.2) is 0 Å². The second-order valence-electron chi connectivity index (χ2n) is 11.3. The van der Waals surface area contributed by atoms with E-state index in [1.807, 2.05) is 0 Å². The van der Waals surface area contributed by atoms with Crippen LogP contribution < -0.4 is 0 Å². The molecule has 1 N–H and O–H groups in total. The minimum atomic E-state index is -0.243. The molecule has 11 atom stereocenters. The minimum Gasteiger partial charge on any atom is -0.492 e. The second kappa shape index (κ2) is 6.51. The molecule has 11 unspecified atom stereocenters. The summed E-state index contributed by atoms with van der Waals surface area (Å²) in [5.74, 6) is 8.20. The van der Waals surface area contributed by atoms with Gasteiger partial charge in [0.25, 0.3) is 0 Å². The lowest BCUT2D eigenvalue weighted by Crippen LogP contribution is -2.38. The van der Waals surface area contributed by atoms with Crippen LogP contribution in [0.4, 0.5) is 0 Å². The highest BCUT2D eigenvalue weighted by atomic mass is 16.5. The molecule has 2 nitrogen and oxygen atoms in total. The zero-order chi connectivity index (χ0) is 18.9. The fourth-order valence-corrected chi connectivity index (χ4v) is 8.94. The second-order valence-corrected chi connectivity index (χ2v) is 11.3. The Balaban J connectivity index is 1.20. The van der Waals surface area contributed by atoms with Crippen LogP contribution in [0, 0.1) is 53.3 Å². The minimum absolute atomic E-state index is 0.0375. The third-order valence-corrected chi connectivity index (χ3v) is 10.2. The monoisotopic (exact) mass is 372 g/mol. The summed E-state index contributed by atoms with van der Waals surface area (Å²) in [6, 6.07) is 0. The fraction of sp³-hybridized carbons (Fsp3) is 0.920. The number of ether oxygens (including phenoxy) is 1. The van der Waals surface area contributed by atoms with Gasteiger partial charge in [-0.15, -0.1) is 0 Å². The van der Waals surface area contributed by atoms with E-state index in [-0.39, 0.29) is 11.7 Å². The molecule has 4 bridgehead atoms. The van der Waals surface area contributed by atoms with Gasteiger partial charge in [0.15, 0.2) is 0 Å². The Kier molecular flexibility index (Phi) is 4.46. The van der Waals surface area contributed by atoms with Gasteiger partial charge in [0.2, 0.25) is 0 Å². The molecule has 0 aromatic heterocycles. The van der Waals surface area contributed by atoms with Gasteiger partial charge >= 0.3 is 0 Å². The molecule has 27 heavy (non-hydrogen) atoms. The van der Waals surface area contributed by atoms with Crippen molar-refractivity contribution >= 4 is 0 Å². The Morgan fingerprint density at radius 3 is 2.63 bits per heavy atom. The summed E-state index contributed by atoms with van der Waals surface area (Å²) in [5, 5.41) is 11.1. The van der Waals surface area contributed by atoms with Crippen molar-refractivity contribution in [1.82, 2.24) is 0 Å². The van der Waals surface area contributed by atoms with Gasteiger partial charge in [-0.1, -0.05) is 27.4 Å². The molecule has 0 heterocycles. The summed E-state index contributed by atoms with van der Waals surface area (Å²) in [5.41, 5.74) is 0.0375. The normalized spacial score (nSPS) is 53.7. The van der Waals surface area contributed by atoms with Crippen molar-refractivity contribution in [2.45, 2.75) is 90.3 Å². The Labute approximate surface area is 166 Å². The van der Waals surface area contributed by atoms with Crippen LogP contribution in [0.15, 0.2) is 12.3 Å². The van der Waals surface area contributed by atoms with Crippen LogP contribution in [-0.2, 0) is 4.74 Å². The summed E-state index contributed by atoms with van der Waals surface area (Å²) in [6.45, 7) is 11.5. The van der Waals surface area contributed by atoms with Crippen molar-refractivity contribution < 1.29 is 9.84 Å². The van der Waals surface area contributed by atoms with Crippen LogP contribution in [0.25, 0.3) is 0 Å². The third-order valence-electron chi connectivity index (χ3n) is 10.2. The van der Waals surface area contributed by atoms with Crippen molar-refractivity contribution in [3.05, 3.63) is 12.3 Å². The highest BCUT2D eigenvalue weighted by Gasteiger charge is 2.59. The molecule has 0 radical (unpaired) electrons. The number of aliphatic hydroxyl groups is 1. The number of aliphatic hydroxyl groups excluding tert-OH is 1. The smallest absolute Gasteiger partial charge is 0.111 e. The summed E-state index contributed by atoms with van der Waals surface area (Å²) in [4.78, 5) is 0. The van der Waals surface area contributed by atoms with Crippen molar-refractivity contribution in [2.75, 3.05) is 0 Å². The zero-order valence-corrected chi connectivity index (χ0v) is 17.7. The van der Waals surface area contributed by atoms with E-state index in [0.717, 1.165) is 59.5 Å². The third kappa shape index (κ3) is 2.75. The maximum Gasteiger partial charge on any atom is 0.111 e. The number of fused-ring (bicyclic) bond motifs is 7. The predicted molar refractivity (Wildman–Crippen MR) is 109 cm³/mol. The van der Waals surface area contributed by atoms with Crippen molar-refractivity contribution in [3.63, 3.8) is 0 Å². The topological polar surface area (TPSA) is 29.5 Å². The predicted octanol–water partition coefficient (Wildman–Crippen LogP) is 5.80. The standard InChI is InChI=1S/C25H40O2/c1-5-25(13-17-6-7-19(25)10-17)27-15(3)9-23(26)21-12-18-11-20(21)22-8-14(2)16(4)24(18)22/h14,16-24,26H,3,5-13H2,1-2,4H3. The van der Waals surface area contributed by atoms with Crippen LogP contribution in [0.3, 0.4) is 0 Å². The molecule has 0 aromatic rings. The lowest BCUT2D eigenvalue weighted by molar-refractivity contribution is -0.0597. The first-order valence-electron chi connectivity index (χ1n) is 12.0. The molecule has 5 fully saturated rings. The Bertz CT molecular complexity index is 599. The summed E-state index contributed by atoms with van der Waals surface area (Å²) < 4.78 is 6.56. The molecular weight excluding hydrogens is 332 g/mol. The molecule has 0 aromatic carbocycles. The van der Waals surface area contributed by atoms with E-state index < -0.39 is 0 Å². The molecule has 0 aliphatic heterocycles. The van der Waals surface area contributed by atoms with Crippen molar-refractivity contribution in [1.29, 1.82) is 0 Å². The van der Waals surface area contributed by atoms with E-state index in [0.29, 0.717) is 12.3 Å². The summed E-state index contributed by atoms with van der Waals surface area (Å²) in [6.07, 6.45) is 10.8. The van der Waals surface area contributed by atoms with Crippen LogP contribution in [-0.4, -0.2) is 16.8 Å². The van der Waals surface area contributed by atoms with Crippen molar-refractivity contribution in [2.24, 2.45) is 53.3 Å². The van der Waals surface area contributed by atoms with Gasteiger partial charge in [-0.3, -0.25) is 0 Å². The molecule has 5 aliphatic rings. The van der Waals surface area contributed by atoms with Gasteiger partial charge in [-0.2, -0.15) is 0 Å². The molecule has 2 heteroatoms. The van der Waals surface area contributed by atoms with Gasteiger partial charge in [0.05, 0.1) is 11.9 Å². The number of hydrogen-bond donors (Lipinski definition) is 1. The van der Waals surface area contributed by atoms with Gasteiger partial charge in [0, 0.05) is 6.42 Å². The lowest BCUT2D eigenvalue weighted by Gasteiger charge is -2.39. The summed E-state index contributed by atoms with van der Waals surface area (Å²) >= 11 is 0. The lowest BCUT2D eigenvalue weighted by atomic mass is 9.71. The van der Waals surface area contributed by atoms with E-state index >= 15 is 0 Å². The van der Waals surface area contributed by atoms with E-state index in [9.17, 15) is 5.11 Å². The molecule has 5 rings (SSSR count). The Hall–Kier alpha value is -0.500. The average molecular weight is 373 g/mol. The van der Waals surface area contributed by atoms with Gasteiger partial charge in [0.1, 0.15) is 5.60 Å². The highest BCUT2D eigenvalue weighted by Crippen LogP contribution is 2.64. The maximum absolute atomic E-state index is 11.1. The molecule has 5 aliphatic carbocycles. The molecular formula is C25H40O2. The number of rotatable bonds is 6. The van der Waals surface area contributed by atoms with Crippen LogP contribution in [0.1, 0.15) is 78.6 Å². The Morgan fingerprint density at radius 2 is 1.96 bits per heavy atom. The quantitative estimate of drug-likeness (QED) is 0.597. The van der Waals surface area contributed by atoms with Crippen LogP contribution in [0.5, 0.6) is 0 Å². The molecule has 0 spiro atoms. The van der Waals surface area contributed by atoms with Crippen molar-refractivity contribution in [3.8, 4) is 0 Å². The van der Waals surface area contributed by atoms with E-state index in [1.165, 1.54) is 44.9 Å². The summed E-state index contributed by atoms with van der Waals surface area (Å²) in [7, 11) is 0.